The van der Waals surface area contributed by atoms with Gasteiger partial charge in [0.05, 0.1) is 24.7 Å². The number of carbonyl (C=O) groups is 3. The van der Waals surface area contributed by atoms with E-state index >= 15 is 0 Å². The smallest absolute Gasteiger partial charge is 0.358 e. The molecule has 3 heterocycles. The summed E-state index contributed by atoms with van der Waals surface area (Å²) in [5.74, 6) is -2.40. The molecule has 1 saturated carbocycles. The highest BCUT2D eigenvalue weighted by atomic mass is 16.8. The average molecular weight is 496 g/mol. The first-order valence-corrected chi connectivity index (χ1v) is 12.8. The Balaban J connectivity index is 1.56. The molecule has 0 atom stereocenters. The molecule has 1 amide bonds. The summed E-state index contributed by atoms with van der Waals surface area (Å²) < 4.78 is 19.1. The highest BCUT2D eigenvalue weighted by Crippen LogP contribution is 2.36. The fourth-order valence-electron chi connectivity index (χ4n) is 5.70. The van der Waals surface area contributed by atoms with Gasteiger partial charge in [-0.1, -0.05) is 38.3 Å². The fourth-order valence-corrected chi connectivity index (χ4v) is 5.70. The quantitative estimate of drug-likeness (QED) is 0.588. The Morgan fingerprint density at radius 1 is 1.08 bits per heavy atom. The molecule has 0 bridgehead atoms. The molecule has 0 unspecified atom stereocenters. The molecule has 36 heavy (non-hydrogen) atoms. The fraction of sp³-hybridized carbons (Fsp3) is 0.519. The molecule has 1 aliphatic carbocycles. The van der Waals surface area contributed by atoms with E-state index in [-0.39, 0.29) is 19.0 Å². The molecule has 2 aromatic rings. The molecule has 0 N–H and O–H groups in total. The van der Waals surface area contributed by atoms with Crippen molar-refractivity contribution in [1.82, 2.24) is 14.4 Å². The van der Waals surface area contributed by atoms with Crippen LogP contribution in [0.2, 0.25) is 0 Å². The predicted molar refractivity (Wildman–Crippen MR) is 132 cm³/mol. The lowest BCUT2D eigenvalue weighted by molar-refractivity contribution is -0.285. The number of amides is 1. The summed E-state index contributed by atoms with van der Waals surface area (Å²) in [4.78, 5) is 42.4. The Labute approximate surface area is 210 Å². The van der Waals surface area contributed by atoms with Crippen molar-refractivity contribution in [3.63, 3.8) is 0 Å². The van der Waals surface area contributed by atoms with Crippen molar-refractivity contribution in [1.29, 1.82) is 0 Å². The lowest BCUT2D eigenvalue weighted by Gasteiger charge is -2.46. The Morgan fingerprint density at radius 3 is 2.47 bits per heavy atom. The zero-order valence-corrected chi connectivity index (χ0v) is 20.9. The second-order valence-corrected chi connectivity index (χ2v) is 9.77. The molecule has 3 aliphatic rings. The molecule has 1 spiro atoms. The number of aromatic nitrogens is 1. The monoisotopic (exact) mass is 495 g/mol. The average Bonchev–Trinajstić information content (AvgIpc) is 3.18. The van der Waals surface area contributed by atoms with Gasteiger partial charge in [0.25, 0.3) is 5.91 Å². The maximum atomic E-state index is 14.2. The van der Waals surface area contributed by atoms with Crippen LogP contribution in [0.15, 0.2) is 36.5 Å². The zero-order chi connectivity index (χ0) is 25.3. The summed E-state index contributed by atoms with van der Waals surface area (Å²) in [6.07, 6.45) is 10.00. The van der Waals surface area contributed by atoms with Gasteiger partial charge < -0.3 is 18.8 Å². The van der Waals surface area contributed by atoms with Gasteiger partial charge in [0, 0.05) is 43.4 Å². The first-order valence-electron chi connectivity index (χ1n) is 12.8. The van der Waals surface area contributed by atoms with Gasteiger partial charge in [0.15, 0.2) is 0 Å². The van der Waals surface area contributed by atoms with E-state index in [0.29, 0.717) is 30.3 Å². The molecule has 2 fully saturated rings. The van der Waals surface area contributed by atoms with Crippen molar-refractivity contribution in [3.8, 4) is 5.75 Å². The van der Waals surface area contributed by atoms with Crippen molar-refractivity contribution in [2.45, 2.75) is 51.5 Å². The van der Waals surface area contributed by atoms with Gasteiger partial charge in [0.2, 0.25) is 0 Å². The first kappa shape index (κ1) is 24.4. The molecule has 0 radical (unpaired) electrons. The molecule has 1 saturated heterocycles. The van der Waals surface area contributed by atoms with Crippen LogP contribution in [0.4, 0.5) is 0 Å². The van der Waals surface area contributed by atoms with Gasteiger partial charge in [-0.3, -0.25) is 14.6 Å². The number of likely N-dealkylation sites (N-methyl/N-ethyl adjacent to an activating group) is 1. The number of benzene rings is 1. The summed E-state index contributed by atoms with van der Waals surface area (Å²) in [6, 6.07) is 5.67. The Morgan fingerprint density at radius 2 is 1.81 bits per heavy atom. The van der Waals surface area contributed by atoms with E-state index in [2.05, 4.69) is 4.57 Å². The Kier molecular flexibility index (Phi) is 6.75. The Hall–Kier alpha value is -3.33. The number of piperazine rings is 1. The second-order valence-electron chi connectivity index (χ2n) is 9.77. The van der Waals surface area contributed by atoms with Crippen molar-refractivity contribution >= 4 is 28.7 Å². The summed E-state index contributed by atoms with van der Waals surface area (Å²) in [6.45, 7) is 4.31. The van der Waals surface area contributed by atoms with Crippen LogP contribution in [0.1, 0.15) is 49.4 Å². The largest absolute Gasteiger partial charge is 0.495 e. The van der Waals surface area contributed by atoms with Crippen LogP contribution >= 0.6 is 0 Å². The Bertz CT molecular complexity index is 1180. The van der Waals surface area contributed by atoms with Crippen LogP contribution in [0.25, 0.3) is 10.9 Å². The predicted octanol–water partition coefficient (Wildman–Crippen LogP) is 3.32. The number of nitrogens with zero attached hydrogens (tertiary/aromatic N) is 3. The lowest BCUT2D eigenvalue weighted by atomic mass is 9.89. The van der Waals surface area contributed by atoms with Crippen LogP contribution in [0.3, 0.4) is 0 Å². The number of rotatable bonds is 5. The van der Waals surface area contributed by atoms with Crippen molar-refractivity contribution in [2.75, 3.05) is 33.3 Å². The number of ether oxygens (including phenoxy) is 3. The number of esters is 2. The second kappa shape index (κ2) is 9.97. The zero-order valence-electron chi connectivity index (χ0n) is 20.9. The van der Waals surface area contributed by atoms with Crippen LogP contribution < -0.4 is 4.74 Å². The van der Waals surface area contributed by atoms with Crippen molar-refractivity contribution in [3.05, 3.63) is 42.1 Å². The van der Waals surface area contributed by atoms with E-state index in [1.54, 1.807) is 7.11 Å². The number of hydrogen-bond acceptors (Lipinski definition) is 7. The summed E-state index contributed by atoms with van der Waals surface area (Å²) in [5.41, 5.74) is 1.33. The maximum Gasteiger partial charge on any atom is 0.358 e. The number of carbonyl (C=O) groups excluding carboxylic acids is 3. The molecule has 2 aliphatic heterocycles. The molecule has 5 rings (SSSR count). The summed E-state index contributed by atoms with van der Waals surface area (Å²) >= 11 is 0. The van der Waals surface area contributed by atoms with Gasteiger partial charge >= 0.3 is 17.8 Å². The van der Waals surface area contributed by atoms with E-state index < -0.39 is 17.8 Å². The molecule has 192 valence electrons. The van der Waals surface area contributed by atoms with Gasteiger partial charge in [-0.05, 0) is 31.4 Å². The molecule has 1 aromatic heterocycles. The van der Waals surface area contributed by atoms with Gasteiger partial charge in [-0.2, -0.15) is 0 Å². The van der Waals surface area contributed by atoms with E-state index in [9.17, 15) is 14.4 Å². The molecule has 9 nitrogen and oxygen atoms in total. The van der Waals surface area contributed by atoms with Gasteiger partial charge in [0.1, 0.15) is 5.75 Å². The molecule has 1 aromatic carbocycles. The highest BCUT2D eigenvalue weighted by Gasteiger charge is 2.52. The van der Waals surface area contributed by atoms with Crippen LogP contribution in [-0.4, -0.2) is 71.4 Å². The minimum atomic E-state index is -1.83. The lowest BCUT2D eigenvalue weighted by Crippen LogP contribution is -2.67. The van der Waals surface area contributed by atoms with Crippen molar-refractivity contribution < 1.29 is 28.6 Å². The standard InChI is InChI=1S/C27H33N3O6/c1-3-28-14-15-30(27(18-28)35-23(31)12-13-24(32)36-27)26(33)21-17-29(16-19-8-5-4-6-9-19)25-20(21)10-7-11-22(25)34-2/h7,10-13,17,19H,3-6,8-9,14-16,18H2,1-2H3. The van der Waals surface area contributed by atoms with Crippen molar-refractivity contribution in [2.24, 2.45) is 5.92 Å². The molecule has 9 heteroatoms. The van der Waals surface area contributed by atoms with E-state index in [0.717, 1.165) is 29.6 Å². The summed E-state index contributed by atoms with van der Waals surface area (Å²) in [7, 11) is 1.63. The van der Waals surface area contributed by atoms with E-state index in [1.165, 1.54) is 37.0 Å². The number of fused-ring (bicyclic) bond motifs is 1. The normalized spacial score (nSPS) is 20.9. The highest BCUT2D eigenvalue weighted by molar-refractivity contribution is 6.08. The third kappa shape index (κ3) is 4.48. The number of para-hydroxylation sites is 1. The summed E-state index contributed by atoms with van der Waals surface area (Å²) in [5, 5.41) is 0.757. The van der Waals surface area contributed by atoms with Gasteiger partial charge in [-0.25, -0.2) is 9.59 Å². The molecular formula is C27H33N3O6. The maximum absolute atomic E-state index is 14.2. The first-order chi connectivity index (χ1) is 17.4. The third-order valence-electron chi connectivity index (χ3n) is 7.53. The van der Waals surface area contributed by atoms with Crippen LogP contribution in [-0.2, 0) is 25.6 Å². The SMILES string of the molecule is CCN1CCN(C(=O)c2cn(CC3CCCCC3)c3c(OC)cccc23)C2(C1)OC(=O)C=CC(=O)O2. The minimum absolute atomic E-state index is 0.0818. The topological polar surface area (TPSA) is 90.3 Å². The van der Waals surface area contributed by atoms with Crippen LogP contribution in [0, 0.1) is 5.92 Å². The molecular weight excluding hydrogens is 462 g/mol. The van der Waals surface area contributed by atoms with E-state index in [1.807, 2.05) is 36.2 Å². The van der Waals surface area contributed by atoms with E-state index in [4.69, 9.17) is 14.2 Å². The van der Waals surface area contributed by atoms with Gasteiger partial charge in [-0.15, -0.1) is 0 Å². The number of hydrogen-bond donors (Lipinski definition) is 0. The van der Waals surface area contributed by atoms with Crippen LogP contribution in [0.5, 0.6) is 5.75 Å². The number of methoxy groups -OCH3 is 1. The minimum Gasteiger partial charge on any atom is -0.495 e. The third-order valence-corrected chi connectivity index (χ3v) is 7.53.